The van der Waals surface area contributed by atoms with Crippen LogP contribution in [0.4, 0.5) is 0 Å². The smallest absolute Gasteiger partial charge is 0.345 e. The van der Waals surface area contributed by atoms with Crippen LogP contribution in [-0.2, 0) is 0 Å². The molecule has 0 saturated carbocycles. The number of methoxy groups -OCH3 is 1. The molecule has 0 spiro atoms. The van der Waals surface area contributed by atoms with E-state index in [4.69, 9.17) is 21.4 Å². The standard InChI is InChI=1S/C12H9ClO3S/c1-16-10-3-2-7(4-9(10)13)8-5-11(12(14)15)17-6-8/h2-6H,1H3,(H,14,15). The van der Waals surface area contributed by atoms with Gasteiger partial charge in [-0.3, -0.25) is 0 Å². The van der Waals surface area contributed by atoms with Crippen molar-refractivity contribution in [3.05, 3.63) is 39.5 Å². The maximum atomic E-state index is 10.8. The number of carboxylic acids is 1. The molecule has 0 bridgehead atoms. The topological polar surface area (TPSA) is 46.5 Å². The first kappa shape index (κ1) is 12.0. The van der Waals surface area contributed by atoms with Crippen molar-refractivity contribution in [2.24, 2.45) is 0 Å². The second kappa shape index (κ2) is 4.77. The Morgan fingerprint density at radius 3 is 2.65 bits per heavy atom. The van der Waals surface area contributed by atoms with Crippen molar-refractivity contribution in [2.45, 2.75) is 0 Å². The molecule has 2 rings (SSSR count). The average Bonchev–Trinajstić information content (AvgIpc) is 2.78. The van der Waals surface area contributed by atoms with Crippen LogP contribution in [0.1, 0.15) is 9.67 Å². The van der Waals surface area contributed by atoms with Gasteiger partial charge in [0, 0.05) is 0 Å². The predicted octanol–water partition coefficient (Wildman–Crippen LogP) is 3.78. The zero-order valence-electron chi connectivity index (χ0n) is 8.94. The maximum Gasteiger partial charge on any atom is 0.345 e. The van der Waals surface area contributed by atoms with Crippen molar-refractivity contribution in [2.75, 3.05) is 7.11 Å². The van der Waals surface area contributed by atoms with Gasteiger partial charge in [0.05, 0.1) is 12.1 Å². The van der Waals surface area contributed by atoms with Crippen LogP contribution in [0.3, 0.4) is 0 Å². The third kappa shape index (κ3) is 2.43. The summed E-state index contributed by atoms with van der Waals surface area (Å²) in [5.74, 6) is -0.315. The molecule has 88 valence electrons. The minimum Gasteiger partial charge on any atom is -0.495 e. The van der Waals surface area contributed by atoms with Crippen LogP contribution in [-0.4, -0.2) is 18.2 Å². The minimum atomic E-state index is -0.916. The summed E-state index contributed by atoms with van der Waals surface area (Å²) in [6.07, 6.45) is 0. The van der Waals surface area contributed by atoms with Gasteiger partial charge in [-0.2, -0.15) is 0 Å². The third-order valence-corrected chi connectivity index (χ3v) is 3.51. The summed E-state index contributed by atoms with van der Waals surface area (Å²) in [4.78, 5) is 11.1. The largest absolute Gasteiger partial charge is 0.495 e. The van der Waals surface area contributed by atoms with Crippen LogP contribution < -0.4 is 4.74 Å². The lowest BCUT2D eigenvalue weighted by molar-refractivity contribution is 0.0702. The second-order valence-corrected chi connectivity index (χ2v) is 4.67. The fourth-order valence-corrected chi connectivity index (χ4v) is 2.46. The van der Waals surface area contributed by atoms with Crippen molar-refractivity contribution in [3.63, 3.8) is 0 Å². The first-order valence-corrected chi connectivity index (χ1v) is 6.03. The summed E-state index contributed by atoms with van der Waals surface area (Å²) in [7, 11) is 1.55. The summed E-state index contributed by atoms with van der Waals surface area (Å²) < 4.78 is 5.06. The van der Waals surface area contributed by atoms with E-state index in [-0.39, 0.29) is 0 Å². The highest BCUT2D eigenvalue weighted by molar-refractivity contribution is 7.12. The molecule has 0 unspecified atom stereocenters. The number of benzene rings is 1. The Bertz CT molecular complexity index is 563. The number of carboxylic acid groups (broad SMARTS) is 1. The quantitative estimate of drug-likeness (QED) is 0.922. The van der Waals surface area contributed by atoms with Gasteiger partial charge in [0.15, 0.2) is 0 Å². The van der Waals surface area contributed by atoms with Gasteiger partial charge in [-0.25, -0.2) is 4.79 Å². The first-order valence-electron chi connectivity index (χ1n) is 4.77. The summed E-state index contributed by atoms with van der Waals surface area (Å²) in [5.41, 5.74) is 1.72. The van der Waals surface area contributed by atoms with Crippen molar-refractivity contribution in [1.29, 1.82) is 0 Å². The third-order valence-electron chi connectivity index (χ3n) is 2.30. The molecule has 17 heavy (non-hydrogen) atoms. The molecule has 1 aromatic carbocycles. The Morgan fingerprint density at radius 2 is 2.12 bits per heavy atom. The monoisotopic (exact) mass is 268 g/mol. The normalized spacial score (nSPS) is 10.2. The first-order chi connectivity index (χ1) is 8.11. The van der Waals surface area contributed by atoms with Crippen molar-refractivity contribution < 1.29 is 14.6 Å². The number of hydrogen-bond acceptors (Lipinski definition) is 3. The van der Waals surface area contributed by atoms with E-state index in [2.05, 4.69) is 0 Å². The van der Waals surface area contributed by atoms with Crippen molar-refractivity contribution >= 4 is 28.9 Å². The number of thiophene rings is 1. The van der Waals surface area contributed by atoms with Crippen LogP contribution in [0.5, 0.6) is 5.75 Å². The van der Waals surface area contributed by atoms with E-state index in [1.165, 1.54) is 11.3 Å². The number of rotatable bonds is 3. The Kier molecular flexibility index (Phi) is 3.36. The number of halogens is 1. The molecule has 3 nitrogen and oxygen atoms in total. The van der Waals surface area contributed by atoms with Crippen LogP contribution in [0.25, 0.3) is 11.1 Å². The number of aromatic carboxylic acids is 1. The van der Waals surface area contributed by atoms with Crippen LogP contribution in [0, 0.1) is 0 Å². The van der Waals surface area contributed by atoms with E-state index in [9.17, 15) is 4.79 Å². The lowest BCUT2D eigenvalue weighted by Crippen LogP contribution is -1.90. The van der Waals surface area contributed by atoms with Crippen LogP contribution in [0.2, 0.25) is 5.02 Å². The maximum absolute atomic E-state index is 10.8. The molecule has 0 aliphatic heterocycles. The Morgan fingerprint density at radius 1 is 1.35 bits per heavy atom. The number of ether oxygens (including phenoxy) is 1. The van der Waals surface area contributed by atoms with Crippen LogP contribution >= 0.6 is 22.9 Å². The van der Waals surface area contributed by atoms with E-state index < -0.39 is 5.97 Å². The van der Waals surface area contributed by atoms with Gasteiger partial charge in [-0.15, -0.1) is 11.3 Å². The summed E-state index contributed by atoms with van der Waals surface area (Å²) in [5, 5.41) is 11.1. The highest BCUT2D eigenvalue weighted by Gasteiger charge is 2.09. The zero-order valence-corrected chi connectivity index (χ0v) is 10.5. The van der Waals surface area contributed by atoms with E-state index in [1.54, 1.807) is 30.7 Å². The average molecular weight is 269 g/mol. The van der Waals surface area contributed by atoms with Crippen molar-refractivity contribution in [1.82, 2.24) is 0 Å². The molecular weight excluding hydrogens is 260 g/mol. The van der Waals surface area contributed by atoms with Gasteiger partial charge in [-0.1, -0.05) is 17.7 Å². The summed E-state index contributed by atoms with van der Waals surface area (Å²) >= 11 is 7.21. The Hall–Kier alpha value is -1.52. The predicted molar refractivity (Wildman–Crippen MR) is 68.3 cm³/mol. The molecule has 0 radical (unpaired) electrons. The van der Waals surface area contributed by atoms with E-state index in [0.29, 0.717) is 15.6 Å². The van der Waals surface area contributed by atoms with E-state index in [0.717, 1.165) is 11.1 Å². The van der Waals surface area contributed by atoms with Gasteiger partial charge < -0.3 is 9.84 Å². The number of hydrogen-bond donors (Lipinski definition) is 1. The van der Waals surface area contributed by atoms with Gasteiger partial charge in [-0.05, 0) is 34.7 Å². The molecule has 0 aliphatic carbocycles. The highest BCUT2D eigenvalue weighted by Crippen LogP contribution is 2.32. The molecule has 2 aromatic rings. The Balaban J connectivity index is 2.39. The molecule has 5 heteroatoms. The van der Waals surface area contributed by atoms with E-state index >= 15 is 0 Å². The molecule has 0 aliphatic rings. The molecule has 1 heterocycles. The lowest BCUT2D eigenvalue weighted by atomic mass is 10.1. The van der Waals surface area contributed by atoms with Gasteiger partial charge in [0.25, 0.3) is 0 Å². The molecule has 0 fully saturated rings. The highest BCUT2D eigenvalue weighted by atomic mass is 35.5. The second-order valence-electron chi connectivity index (χ2n) is 3.35. The van der Waals surface area contributed by atoms with E-state index in [1.807, 2.05) is 6.07 Å². The summed E-state index contributed by atoms with van der Waals surface area (Å²) in [6.45, 7) is 0. The van der Waals surface area contributed by atoms with Gasteiger partial charge in [0.1, 0.15) is 10.6 Å². The van der Waals surface area contributed by atoms with Gasteiger partial charge in [0.2, 0.25) is 0 Å². The van der Waals surface area contributed by atoms with Crippen molar-refractivity contribution in [3.8, 4) is 16.9 Å². The van der Waals surface area contributed by atoms with Gasteiger partial charge >= 0.3 is 5.97 Å². The molecule has 0 amide bonds. The summed E-state index contributed by atoms with van der Waals surface area (Å²) in [6, 6.07) is 6.99. The fraction of sp³-hybridized carbons (Fsp3) is 0.0833. The molecular formula is C12H9ClO3S. The minimum absolute atomic E-state index is 0.312. The SMILES string of the molecule is COc1ccc(-c2csc(C(=O)O)c2)cc1Cl. The molecule has 0 atom stereocenters. The molecule has 0 saturated heterocycles. The van der Waals surface area contributed by atoms with Crippen LogP contribution in [0.15, 0.2) is 29.6 Å². The Labute approximate surface area is 107 Å². The fourth-order valence-electron chi connectivity index (χ4n) is 1.45. The lowest BCUT2D eigenvalue weighted by Gasteiger charge is -2.04. The number of carbonyl (C=O) groups is 1. The molecule has 1 aromatic heterocycles. The zero-order chi connectivity index (χ0) is 12.4. The molecule has 1 N–H and O–H groups in total.